The molecule has 0 heterocycles. The summed E-state index contributed by atoms with van der Waals surface area (Å²) in [7, 11) is 1.41. The van der Waals surface area contributed by atoms with E-state index in [1.54, 1.807) is 12.1 Å². The van der Waals surface area contributed by atoms with Crippen molar-refractivity contribution in [1.82, 2.24) is 10.8 Å². The molecule has 26 heavy (non-hydrogen) atoms. The second kappa shape index (κ2) is 8.91. The molecule has 0 aliphatic heterocycles. The molecule has 0 bridgehead atoms. The molecule has 1 aliphatic carbocycles. The molecule has 136 valence electrons. The minimum absolute atomic E-state index is 0.165. The average molecular weight is 356 g/mol. The summed E-state index contributed by atoms with van der Waals surface area (Å²) in [6, 6.07) is 3.41. The summed E-state index contributed by atoms with van der Waals surface area (Å²) in [6.07, 6.45) is 1.06. The SMILES string of the molecule is COc1cc(C#CC#CC2CC2)ccc1C(=O)N[C@H](C(=O)NO)[C@@H](C)O. The first kappa shape index (κ1) is 19.3. The lowest BCUT2D eigenvalue weighted by molar-refractivity contribution is -0.133. The molecule has 1 fully saturated rings. The number of hydrogen-bond acceptors (Lipinski definition) is 5. The van der Waals surface area contributed by atoms with Crippen LogP contribution in [0.1, 0.15) is 35.7 Å². The Kier molecular flexibility index (Phi) is 6.62. The van der Waals surface area contributed by atoms with Gasteiger partial charge in [-0.05, 0) is 49.8 Å². The summed E-state index contributed by atoms with van der Waals surface area (Å²) in [5.74, 6) is 10.7. The predicted octanol–water partition coefficient (Wildman–Crippen LogP) is 0.445. The summed E-state index contributed by atoms with van der Waals surface area (Å²) in [5.41, 5.74) is 2.20. The van der Waals surface area contributed by atoms with Gasteiger partial charge in [0.25, 0.3) is 11.8 Å². The van der Waals surface area contributed by atoms with Crippen molar-refractivity contribution in [1.29, 1.82) is 0 Å². The second-order valence-electron chi connectivity index (χ2n) is 5.88. The van der Waals surface area contributed by atoms with Gasteiger partial charge in [-0.15, -0.1) is 0 Å². The number of hydroxylamine groups is 1. The van der Waals surface area contributed by atoms with E-state index in [2.05, 4.69) is 29.0 Å². The van der Waals surface area contributed by atoms with Crippen LogP contribution >= 0.6 is 0 Å². The number of carbonyl (C=O) groups excluding carboxylic acids is 2. The average Bonchev–Trinajstić information content (AvgIpc) is 3.46. The molecule has 0 unspecified atom stereocenters. The Morgan fingerprint density at radius 3 is 2.62 bits per heavy atom. The zero-order valence-electron chi connectivity index (χ0n) is 14.5. The van der Waals surface area contributed by atoms with Crippen LogP contribution in [-0.2, 0) is 4.79 Å². The van der Waals surface area contributed by atoms with E-state index in [0.29, 0.717) is 11.5 Å². The Morgan fingerprint density at radius 1 is 1.31 bits per heavy atom. The highest BCUT2D eigenvalue weighted by Crippen LogP contribution is 2.27. The van der Waals surface area contributed by atoms with E-state index >= 15 is 0 Å². The fourth-order valence-electron chi connectivity index (χ4n) is 2.12. The summed E-state index contributed by atoms with van der Waals surface area (Å²) in [6.45, 7) is 1.32. The fraction of sp³-hybridized carbons (Fsp3) is 0.368. The predicted molar refractivity (Wildman–Crippen MR) is 93.2 cm³/mol. The zero-order valence-corrected chi connectivity index (χ0v) is 14.5. The number of nitrogens with one attached hydrogen (secondary N) is 2. The highest BCUT2D eigenvalue weighted by atomic mass is 16.5. The van der Waals surface area contributed by atoms with E-state index in [4.69, 9.17) is 9.94 Å². The third kappa shape index (κ3) is 5.25. The molecular formula is C19H20N2O5. The van der Waals surface area contributed by atoms with Crippen LogP contribution < -0.4 is 15.5 Å². The molecule has 0 spiro atoms. The summed E-state index contributed by atoms with van der Waals surface area (Å²) < 4.78 is 5.21. The molecular weight excluding hydrogens is 336 g/mol. The van der Waals surface area contributed by atoms with Gasteiger partial charge in [-0.2, -0.15) is 0 Å². The third-order valence-electron chi connectivity index (χ3n) is 3.73. The van der Waals surface area contributed by atoms with Gasteiger partial charge in [-0.25, -0.2) is 5.48 Å². The molecule has 4 N–H and O–H groups in total. The Morgan fingerprint density at radius 2 is 2.04 bits per heavy atom. The Labute approximate surface area is 151 Å². The molecule has 2 rings (SSSR count). The van der Waals surface area contributed by atoms with Crippen molar-refractivity contribution in [2.45, 2.75) is 31.9 Å². The Hall–Kier alpha value is -3.00. The smallest absolute Gasteiger partial charge is 0.268 e. The second-order valence-corrected chi connectivity index (χ2v) is 5.88. The van der Waals surface area contributed by atoms with E-state index < -0.39 is 24.0 Å². The van der Waals surface area contributed by atoms with Crippen LogP contribution in [0, 0.1) is 29.6 Å². The number of aliphatic hydroxyl groups is 1. The summed E-state index contributed by atoms with van der Waals surface area (Å²) >= 11 is 0. The minimum atomic E-state index is -1.31. The highest BCUT2D eigenvalue weighted by molar-refractivity contribution is 5.99. The molecule has 1 aliphatic rings. The Bertz CT molecular complexity index is 807. The fourth-order valence-corrected chi connectivity index (χ4v) is 2.12. The van der Waals surface area contributed by atoms with Gasteiger partial charge < -0.3 is 15.2 Å². The number of carbonyl (C=O) groups is 2. The number of benzene rings is 1. The van der Waals surface area contributed by atoms with Crippen molar-refractivity contribution in [3.8, 4) is 29.4 Å². The molecule has 0 saturated heterocycles. The molecule has 7 nitrogen and oxygen atoms in total. The van der Waals surface area contributed by atoms with Crippen LogP contribution in [0.25, 0.3) is 0 Å². The third-order valence-corrected chi connectivity index (χ3v) is 3.73. The van der Waals surface area contributed by atoms with Crippen molar-refractivity contribution in [2.24, 2.45) is 5.92 Å². The van der Waals surface area contributed by atoms with E-state index in [1.165, 1.54) is 25.6 Å². The van der Waals surface area contributed by atoms with Crippen molar-refractivity contribution in [2.75, 3.05) is 7.11 Å². The number of aliphatic hydroxyl groups excluding tert-OH is 1. The molecule has 2 amide bonds. The van der Waals surface area contributed by atoms with Gasteiger partial charge in [-0.3, -0.25) is 14.8 Å². The van der Waals surface area contributed by atoms with E-state index in [9.17, 15) is 14.7 Å². The zero-order chi connectivity index (χ0) is 19.1. The quantitative estimate of drug-likeness (QED) is 0.348. The molecule has 2 atom stereocenters. The normalized spacial score (nSPS) is 14.6. The number of ether oxygens (including phenoxy) is 1. The van der Waals surface area contributed by atoms with Crippen LogP contribution in [0.2, 0.25) is 0 Å². The lowest BCUT2D eigenvalue weighted by atomic mass is 10.1. The van der Waals surface area contributed by atoms with Gasteiger partial charge in [0.05, 0.1) is 18.8 Å². The Balaban J connectivity index is 2.16. The standard InChI is InChI=1S/C19H20N2O5/c1-12(22)17(19(24)21-25)20-18(23)15-10-9-14(11-16(15)26-2)6-4-3-5-13-7-8-13/h9-13,17,22,25H,7-8H2,1-2H3,(H,20,23)(H,21,24)/t12-,17+/m1/s1. The van der Waals surface area contributed by atoms with Crippen LogP contribution in [-0.4, -0.2) is 41.4 Å². The summed E-state index contributed by atoms with van der Waals surface area (Å²) in [4.78, 5) is 23.9. The lowest BCUT2D eigenvalue weighted by Gasteiger charge is -2.20. The van der Waals surface area contributed by atoms with Crippen LogP contribution in [0.15, 0.2) is 18.2 Å². The van der Waals surface area contributed by atoms with Gasteiger partial charge in [0.1, 0.15) is 11.8 Å². The molecule has 1 aromatic rings. The van der Waals surface area contributed by atoms with E-state index in [0.717, 1.165) is 12.8 Å². The van der Waals surface area contributed by atoms with E-state index in [1.807, 2.05) is 0 Å². The number of methoxy groups -OCH3 is 1. The maximum atomic E-state index is 12.4. The van der Waals surface area contributed by atoms with Gasteiger partial charge in [0.2, 0.25) is 0 Å². The van der Waals surface area contributed by atoms with Crippen LogP contribution in [0.5, 0.6) is 5.75 Å². The van der Waals surface area contributed by atoms with Gasteiger partial charge >= 0.3 is 0 Å². The van der Waals surface area contributed by atoms with Gasteiger partial charge in [0, 0.05) is 11.5 Å². The highest BCUT2D eigenvalue weighted by Gasteiger charge is 2.26. The van der Waals surface area contributed by atoms with Crippen molar-refractivity contribution in [3.63, 3.8) is 0 Å². The first-order valence-electron chi connectivity index (χ1n) is 8.08. The maximum Gasteiger partial charge on any atom is 0.268 e. The maximum absolute atomic E-state index is 12.4. The molecule has 7 heteroatoms. The van der Waals surface area contributed by atoms with Crippen LogP contribution in [0.3, 0.4) is 0 Å². The van der Waals surface area contributed by atoms with Gasteiger partial charge in [-0.1, -0.05) is 11.8 Å². The largest absolute Gasteiger partial charge is 0.496 e. The first-order chi connectivity index (χ1) is 12.5. The number of rotatable bonds is 5. The molecule has 1 saturated carbocycles. The molecule has 1 aromatic carbocycles. The minimum Gasteiger partial charge on any atom is -0.496 e. The molecule has 0 aromatic heterocycles. The lowest BCUT2D eigenvalue weighted by Crippen LogP contribution is -2.51. The first-order valence-corrected chi connectivity index (χ1v) is 8.08. The monoisotopic (exact) mass is 356 g/mol. The van der Waals surface area contributed by atoms with Crippen molar-refractivity contribution < 1.29 is 24.6 Å². The number of amides is 2. The summed E-state index contributed by atoms with van der Waals surface area (Å²) in [5, 5.41) is 20.6. The van der Waals surface area contributed by atoms with Crippen molar-refractivity contribution >= 4 is 11.8 Å². The topological polar surface area (TPSA) is 108 Å². The molecule has 0 radical (unpaired) electrons. The van der Waals surface area contributed by atoms with Crippen LogP contribution in [0.4, 0.5) is 0 Å². The van der Waals surface area contributed by atoms with Crippen molar-refractivity contribution in [3.05, 3.63) is 29.3 Å². The van der Waals surface area contributed by atoms with E-state index in [-0.39, 0.29) is 11.3 Å². The van der Waals surface area contributed by atoms with Gasteiger partial charge in [0.15, 0.2) is 0 Å². The number of hydrogen-bond donors (Lipinski definition) is 4.